The van der Waals surface area contributed by atoms with Crippen molar-refractivity contribution in [2.45, 2.75) is 26.2 Å². The molecule has 1 N–H and O–H groups in total. The molecule has 2 heterocycles. The molecule has 7 nitrogen and oxygen atoms in total. The molecular weight excluding hydrogens is 360 g/mol. The minimum atomic E-state index is -0.355. The van der Waals surface area contributed by atoms with Gasteiger partial charge in [0.05, 0.1) is 6.61 Å². The van der Waals surface area contributed by atoms with Gasteiger partial charge in [-0.2, -0.15) is 0 Å². The Labute approximate surface area is 164 Å². The van der Waals surface area contributed by atoms with E-state index < -0.39 is 0 Å². The van der Waals surface area contributed by atoms with Gasteiger partial charge in [-0.3, -0.25) is 9.69 Å². The Morgan fingerprint density at radius 1 is 1.18 bits per heavy atom. The Morgan fingerprint density at radius 2 is 1.96 bits per heavy atom. The van der Waals surface area contributed by atoms with Gasteiger partial charge in [-0.15, -0.1) is 0 Å². The van der Waals surface area contributed by atoms with Gasteiger partial charge >= 0.3 is 5.63 Å². The number of fused-ring (bicyclic) bond motifs is 1. The lowest BCUT2D eigenvalue weighted by molar-refractivity contribution is -0.133. The Balaban J connectivity index is 1.41. The average Bonchev–Trinajstić information content (AvgIpc) is 2.70. The number of carbonyl (C=O) groups is 1. The average molecular weight is 388 g/mol. The normalized spacial score (nSPS) is 15.1. The molecule has 2 aromatic rings. The number of rotatable bonds is 8. The monoisotopic (exact) mass is 388 g/mol. The van der Waals surface area contributed by atoms with E-state index in [0.717, 1.165) is 50.1 Å². The molecule has 1 amide bonds. The Morgan fingerprint density at radius 3 is 2.71 bits per heavy atom. The smallest absolute Gasteiger partial charge is 0.336 e. The van der Waals surface area contributed by atoms with E-state index in [2.05, 4.69) is 4.90 Å². The van der Waals surface area contributed by atoms with Crippen molar-refractivity contribution in [3.63, 3.8) is 0 Å². The molecule has 152 valence electrons. The van der Waals surface area contributed by atoms with Gasteiger partial charge < -0.3 is 19.2 Å². The number of aryl methyl sites for hydroxylation is 1. The SMILES string of the molecule is Cc1cc(=O)oc2ccc(OCCCC(=O)N3CCN(CCCO)CC3)cc12. The molecule has 1 aliphatic rings. The molecule has 0 atom stereocenters. The summed E-state index contributed by atoms with van der Waals surface area (Å²) in [6.45, 7) is 6.67. The molecule has 7 heteroatoms. The van der Waals surface area contributed by atoms with Crippen LogP contribution in [0.25, 0.3) is 11.0 Å². The summed E-state index contributed by atoms with van der Waals surface area (Å²) in [4.78, 5) is 28.0. The molecule has 0 aliphatic carbocycles. The number of hydrogen-bond acceptors (Lipinski definition) is 6. The van der Waals surface area contributed by atoms with Gasteiger partial charge in [0.2, 0.25) is 5.91 Å². The number of aliphatic hydroxyl groups excluding tert-OH is 1. The van der Waals surface area contributed by atoms with Crippen LogP contribution in [-0.4, -0.2) is 66.8 Å². The van der Waals surface area contributed by atoms with E-state index in [1.807, 2.05) is 17.9 Å². The van der Waals surface area contributed by atoms with Crippen molar-refractivity contribution >= 4 is 16.9 Å². The second-order valence-corrected chi connectivity index (χ2v) is 7.16. The molecule has 3 rings (SSSR count). The number of amides is 1. The van der Waals surface area contributed by atoms with E-state index in [4.69, 9.17) is 14.3 Å². The summed E-state index contributed by atoms with van der Waals surface area (Å²) >= 11 is 0. The lowest BCUT2D eigenvalue weighted by atomic mass is 10.1. The Bertz CT molecular complexity index is 855. The molecule has 0 radical (unpaired) electrons. The maximum atomic E-state index is 12.4. The lowest BCUT2D eigenvalue weighted by Crippen LogP contribution is -2.48. The maximum absolute atomic E-state index is 12.4. The molecule has 1 saturated heterocycles. The summed E-state index contributed by atoms with van der Waals surface area (Å²) in [5.41, 5.74) is 1.04. The van der Waals surface area contributed by atoms with Gasteiger partial charge in [-0.05, 0) is 43.5 Å². The minimum Gasteiger partial charge on any atom is -0.494 e. The summed E-state index contributed by atoms with van der Waals surface area (Å²) in [6.07, 6.45) is 1.91. The standard InChI is InChI=1S/C21H28N2O5/c1-16-14-21(26)28-19-6-5-17(15-18(16)19)27-13-2-4-20(25)23-10-8-22(9-11-23)7-3-12-24/h5-6,14-15,24H,2-4,7-13H2,1H3. The van der Waals surface area contributed by atoms with Crippen LogP contribution >= 0.6 is 0 Å². The van der Waals surface area contributed by atoms with E-state index in [0.29, 0.717) is 30.8 Å². The van der Waals surface area contributed by atoms with Crippen LogP contribution in [-0.2, 0) is 4.79 Å². The number of hydrogen-bond donors (Lipinski definition) is 1. The first-order valence-electron chi connectivity index (χ1n) is 9.85. The Kier molecular flexibility index (Phi) is 7.06. The number of ether oxygens (including phenoxy) is 1. The van der Waals surface area contributed by atoms with Crippen LogP contribution in [0.2, 0.25) is 0 Å². The highest BCUT2D eigenvalue weighted by Crippen LogP contribution is 2.22. The zero-order chi connectivity index (χ0) is 19.9. The van der Waals surface area contributed by atoms with Crippen LogP contribution in [0.15, 0.2) is 33.5 Å². The highest BCUT2D eigenvalue weighted by atomic mass is 16.5. The quantitative estimate of drug-likeness (QED) is 0.548. The van der Waals surface area contributed by atoms with Crippen LogP contribution in [0.3, 0.4) is 0 Å². The van der Waals surface area contributed by atoms with Crippen molar-refractivity contribution in [3.8, 4) is 5.75 Å². The number of carbonyl (C=O) groups excluding carboxylic acids is 1. The molecule has 1 aromatic carbocycles. The molecular formula is C21H28N2O5. The van der Waals surface area contributed by atoms with Crippen molar-refractivity contribution in [2.24, 2.45) is 0 Å². The van der Waals surface area contributed by atoms with Gasteiger partial charge in [0.25, 0.3) is 0 Å². The fraction of sp³-hybridized carbons (Fsp3) is 0.524. The topological polar surface area (TPSA) is 83.2 Å². The maximum Gasteiger partial charge on any atom is 0.336 e. The molecule has 0 bridgehead atoms. The third kappa shape index (κ3) is 5.33. The van der Waals surface area contributed by atoms with Crippen molar-refractivity contribution in [3.05, 3.63) is 40.2 Å². The predicted octanol–water partition coefficient (Wildman–Crippen LogP) is 1.79. The fourth-order valence-corrected chi connectivity index (χ4v) is 3.48. The summed E-state index contributed by atoms with van der Waals surface area (Å²) in [7, 11) is 0. The van der Waals surface area contributed by atoms with Gasteiger partial charge in [0.15, 0.2) is 0 Å². The van der Waals surface area contributed by atoms with Crippen molar-refractivity contribution in [1.82, 2.24) is 9.80 Å². The van der Waals surface area contributed by atoms with Gasteiger partial charge in [-0.1, -0.05) is 0 Å². The second-order valence-electron chi connectivity index (χ2n) is 7.16. The van der Waals surface area contributed by atoms with Crippen molar-refractivity contribution in [1.29, 1.82) is 0 Å². The van der Waals surface area contributed by atoms with E-state index in [-0.39, 0.29) is 18.1 Å². The zero-order valence-electron chi connectivity index (χ0n) is 16.4. The lowest BCUT2D eigenvalue weighted by Gasteiger charge is -2.34. The number of piperazine rings is 1. The Hall–Kier alpha value is -2.38. The van der Waals surface area contributed by atoms with Crippen LogP contribution < -0.4 is 10.4 Å². The fourth-order valence-electron chi connectivity index (χ4n) is 3.48. The molecule has 1 aromatic heterocycles. The van der Waals surface area contributed by atoms with Gasteiger partial charge in [0, 0.05) is 57.2 Å². The number of benzene rings is 1. The van der Waals surface area contributed by atoms with Crippen LogP contribution in [0, 0.1) is 6.92 Å². The van der Waals surface area contributed by atoms with Crippen molar-refractivity contribution < 1.29 is 19.1 Å². The van der Waals surface area contributed by atoms with Crippen LogP contribution in [0.4, 0.5) is 0 Å². The highest BCUT2D eigenvalue weighted by molar-refractivity contribution is 5.81. The van der Waals surface area contributed by atoms with E-state index >= 15 is 0 Å². The zero-order valence-corrected chi connectivity index (χ0v) is 16.4. The molecule has 1 aliphatic heterocycles. The first-order valence-corrected chi connectivity index (χ1v) is 9.85. The van der Waals surface area contributed by atoms with Gasteiger partial charge in [-0.25, -0.2) is 4.79 Å². The summed E-state index contributed by atoms with van der Waals surface area (Å²) < 4.78 is 10.9. The molecule has 0 unspecified atom stereocenters. The summed E-state index contributed by atoms with van der Waals surface area (Å²) in [5.74, 6) is 0.871. The number of nitrogens with zero attached hydrogens (tertiary/aromatic N) is 2. The van der Waals surface area contributed by atoms with Gasteiger partial charge in [0.1, 0.15) is 11.3 Å². The molecule has 28 heavy (non-hydrogen) atoms. The minimum absolute atomic E-state index is 0.168. The van der Waals surface area contributed by atoms with E-state index in [9.17, 15) is 9.59 Å². The van der Waals surface area contributed by atoms with E-state index in [1.54, 1.807) is 12.1 Å². The first kappa shape index (κ1) is 20.4. The third-order valence-corrected chi connectivity index (χ3v) is 5.08. The largest absolute Gasteiger partial charge is 0.494 e. The molecule has 1 fully saturated rings. The molecule has 0 saturated carbocycles. The summed E-state index contributed by atoms with van der Waals surface area (Å²) in [5, 5.41) is 9.75. The first-order chi connectivity index (χ1) is 13.6. The molecule has 0 spiro atoms. The second kappa shape index (κ2) is 9.71. The van der Waals surface area contributed by atoms with Crippen LogP contribution in [0.5, 0.6) is 5.75 Å². The van der Waals surface area contributed by atoms with E-state index in [1.165, 1.54) is 6.07 Å². The predicted molar refractivity (Wildman–Crippen MR) is 107 cm³/mol. The van der Waals surface area contributed by atoms with Crippen LogP contribution in [0.1, 0.15) is 24.8 Å². The highest BCUT2D eigenvalue weighted by Gasteiger charge is 2.20. The van der Waals surface area contributed by atoms with Crippen molar-refractivity contribution in [2.75, 3.05) is 45.9 Å². The summed E-state index contributed by atoms with van der Waals surface area (Å²) in [6, 6.07) is 6.84. The number of aliphatic hydroxyl groups is 1. The third-order valence-electron chi connectivity index (χ3n) is 5.08.